The predicted molar refractivity (Wildman–Crippen MR) is 103 cm³/mol. The molecule has 8 nitrogen and oxygen atoms in total. The molecule has 142 valence electrons. The Bertz CT molecular complexity index is 1140. The van der Waals surface area contributed by atoms with Crippen molar-refractivity contribution in [3.8, 4) is 11.4 Å². The first-order valence-electron chi connectivity index (χ1n) is 8.62. The second-order valence-corrected chi connectivity index (χ2v) is 6.26. The van der Waals surface area contributed by atoms with E-state index in [1.165, 1.54) is 6.07 Å². The van der Waals surface area contributed by atoms with Crippen LogP contribution in [0.15, 0.2) is 48.8 Å². The molecule has 1 unspecified atom stereocenters. The van der Waals surface area contributed by atoms with Crippen LogP contribution in [-0.4, -0.2) is 36.1 Å². The number of nitrogens with one attached hydrogen (secondary N) is 1. The van der Waals surface area contributed by atoms with Crippen molar-refractivity contribution in [3.63, 3.8) is 0 Å². The molecule has 0 saturated carbocycles. The smallest absolute Gasteiger partial charge is 0.228 e. The van der Waals surface area contributed by atoms with Crippen LogP contribution in [0.4, 0.5) is 16.3 Å². The summed E-state index contributed by atoms with van der Waals surface area (Å²) < 4.78 is 16.0. The molecule has 0 aliphatic heterocycles. The van der Waals surface area contributed by atoms with Crippen molar-refractivity contribution in [1.82, 2.24) is 24.3 Å². The average molecular weight is 379 g/mol. The van der Waals surface area contributed by atoms with Gasteiger partial charge >= 0.3 is 0 Å². The average Bonchev–Trinajstić information content (AvgIpc) is 3.07. The van der Waals surface area contributed by atoms with Crippen LogP contribution in [0.3, 0.4) is 0 Å². The fourth-order valence-electron chi connectivity index (χ4n) is 2.97. The van der Waals surface area contributed by atoms with Crippen molar-refractivity contribution in [1.29, 1.82) is 0 Å². The van der Waals surface area contributed by atoms with Crippen LogP contribution in [0.2, 0.25) is 0 Å². The van der Waals surface area contributed by atoms with E-state index < -0.39 is 11.9 Å². The molecule has 0 amide bonds. The van der Waals surface area contributed by atoms with Gasteiger partial charge in [-0.1, -0.05) is 18.2 Å². The summed E-state index contributed by atoms with van der Waals surface area (Å²) in [4.78, 5) is 16.9. The monoisotopic (exact) mass is 379 g/mol. The fourth-order valence-corrected chi connectivity index (χ4v) is 2.97. The maximum absolute atomic E-state index is 14.1. The maximum atomic E-state index is 14.1. The zero-order chi connectivity index (χ0) is 19.7. The predicted octanol–water partition coefficient (Wildman–Crippen LogP) is 2.36. The van der Waals surface area contributed by atoms with E-state index in [9.17, 15) is 9.50 Å². The van der Waals surface area contributed by atoms with Crippen molar-refractivity contribution in [2.45, 2.75) is 13.0 Å². The molecule has 1 atom stereocenters. The minimum Gasteiger partial charge on any atom is -0.394 e. The Hall–Kier alpha value is -3.59. The molecule has 3 aromatic heterocycles. The van der Waals surface area contributed by atoms with Gasteiger partial charge in [-0.25, -0.2) is 9.37 Å². The zero-order valence-corrected chi connectivity index (χ0v) is 15.0. The zero-order valence-electron chi connectivity index (χ0n) is 15.0. The SMILES string of the molecule is Cc1ncc2ccc(-c3nc(N)nc(NC(CO)c4ccccc4F)n3)cn12. The number of imidazole rings is 1. The lowest BCUT2D eigenvalue weighted by Gasteiger charge is -2.17. The summed E-state index contributed by atoms with van der Waals surface area (Å²) in [5.74, 6) is 0.914. The quantitative estimate of drug-likeness (QED) is 0.488. The number of nitrogens with two attached hydrogens (primary N) is 1. The molecule has 0 radical (unpaired) electrons. The number of halogens is 1. The Morgan fingerprint density at radius 1 is 1.18 bits per heavy atom. The molecule has 4 aromatic rings. The first-order valence-corrected chi connectivity index (χ1v) is 8.62. The third kappa shape index (κ3) is 3.35. The molecule has 0 saturated heterocycles. The molecule has 3 heterocycles. The molecule has 0 bridgehead atoms. The van der Waals surface area contributed by atoms with E-state index in [-0.39, 0.29) is 18.5 Å². The molecule has 1 aromatic carbocycles. The highest BCUT2D eigenvalue weighted by atomic mass is 19.1. The number of benzene rings is 1. The van der Waals surface area contributed by atoms with E-state index in [2.05, 4.69) is 25.3 Å². The van der Waals surface area contributed by atoms with E-state index in [4.69, 9.17) is 5.73 Å². The summed E-state index contributed by atoms with van der Waals surface area (Å²) in [6, 6.07) is 9.22. The topological polar surface area (TPSA) is 114 Å². The van der Waals surface area contributed by atoms with Gasteiger partial charge in [0.1, 0.15) is 11.6 Å². The Kier molecular flexibility index (Phi) is 4.58. The van der Waals surface area contributed by atoms with Gasteiger partial charge < -0.3 is 20.6 Å². The third-order valence-corrected chi connectivity index (χ3v) is 4.39. The summed E-state index contributed by atoms with van der Waals surface area (Å²) in [6.45, 7) is 1.55. The number of nitrogen functional groups attached to an aromatic ring is 1. The molecule has 0 aliphatic rings. The number of hydrogen-bond donors (Lipinski definition) is 3. The molecule has 4 N–H and O–H groups in total. The van der Waals surface area contributed by atoms with Crippen molar-refractivity contribution >= 4 is 17.4 Å². The van der Waals surface area contributed by atoms with Gasteiger partial charge in [-0.15, -0.1) is 0 Å². The van der Waals surface area contributed by atoms with E-state index in [0.717, 1.165) is 16.9 Å². The van der Waals surface area contributed by atoms with Gasteiger partial charge in [0.2, 0.25) is 11.9 Å². The van der Waals surface area contributed by atoms with E-state index >= 15 is 0 Å². The number of aryl methyl sites for hydroxylation is 1. The van der Waals surface area contributed by atoms with Crippen LogP contribution in [0.1, 0.15) is 17.4 Å². The van der Waals surface area contributed by atoms with Gasteiger partial charge in [0.15, 0.2) is 5.82 Å². The summed E-state index contributed by atoms with van der Waals surface area (Å²) in [6.07, 6.45) is 3.63. The van der Waals surface area contributed by atoms with Crippen LogP contribution in [0.5, 0.6) is 0 Å². The first kappa shape index (κ1) is 17.8. The van der Waals surface area contributed by atoms with E-state index in [0.29, 0.717) is 11.4 Å². The second kappa shape index (κ2) is 7.20. The number of aliphatic hydroxyl groups is 1. The van der Waals surface area contributed by atoms with Gasteiger partial charge in [-0.2, -0.15) is 15.0 Å². The lowest BCUT2D eigenvalue weighted by atomic mass is 10.1. The van der Waals surface area contributed by atoms with Crippen LogP contribution in [0, 0.1) is 12.7 Å². The van der Waals surface area contributed by atoms with Gasteiger partial charge in [0.25, 0.3) is 0 Å². The summed E-state index contributed by atoms with van der Waals surface area (Å²) in [5, 5.41) is 12.6. The molecule has 4 rings (SSSR count). The van der Waals surface area contributed by atoms with Gasteiger partial charge in [-0.05, 0) is 25.1 Å². The molecule has 0 spiro atoms. The normalized spacial score (nSPS) is 12.2. The first-order chi connectivity index (χ1) is 13.5. The van der Waals surface area contributed by atoms with Gasteiger partial charge in [-0.3, -0.25) is 0 Å². The minimum absolute atomic E-state index is 0.0140. The Morgan fingerprint density at radius 3 is 2.79 bits per heavy atom. The lowest BCUT2D eigenvalue weighted by Crippen LogP contribution is -2.19. The van der Waals surface area contributed by atoms with Crippen molar-refractivity contribution in [2.75, 3.05) is 17.7 Å². The van der Waals surface area contributed by atoms with Gasteiger partial charge in [0, 0.05) is 17.3 Å². The number of pyridine rings is 1. The largest absolute Gasteiger partial charge is 0.394 e. The second-order valence-electron chi connectivity index (χ2n) is 6.26. The van der Waals surface area contributed by atoms with Crippen LogP contribution in [-0.2, 0) is 0 Å². The van der Waals surface area contributed by atoms with Crippen LogP contribution >= 0.6 is 0 Å². The number of hydrogen-bond acceptors (Lipinski definition) is 7. The number of aliphatic hydroxyl groups excluding tert-OH is 1. The Balaban J connectivity index is 1.70. The molecule has 9 heteroatoms. The van der Waals surface area contributed by atoms with E-state index in [1.807, 2.05) is 29.7 Å². The number of nitrogens with zero attached hydrogens (tertiary/aromatic N) is 5. The molecule has 0 aliphatic carbocycles. The standard InChI is InChI=1S/C19H18FN7O/c1-11-22-8-13-7-6-12(9-27(11)13)17-24-18(21)26-19(25-17)23-16(10-28)14-4-2-3-5-15(14)20/h2-9,16,28H,10H2,1H3,(H3,21,23,24,25,26). The van der Waals surface area contributed by atoms with Crippen molar-refractivity contribution in [3.05, 3.63) is 66.0 Å². The van der Waals surface area contributed by atoms with Gasteiger partial charge in [0.05, 0.1) is 24.4 Å². The number of fused-ring (bicyclic) bond motifs is 1. The van der Waals surface area contributed by atoms with Crippen LogP contribution in [0.25, 0.3) is 16.9 Å². The fraction of sp³-hybridized carbons (Fsp3) is 0.158. The summed E-state index contributed by atoms with van der Waals surface area (Å²) in [7, 11) is 0. The summed E-state index contributed by atoms with van der Waals surface area (Å²) >= 11 is 0. The highest BCUT2D eigenvalue weighted by Crippen LogP contribution is 2.23. The molecule has 0 fully saturated rings. The lowest BCUT2D eigenvalue weighted by molar-refractivity contribution is 0.273. The van der Waals surface area contributed by atoms with Crippen LogP contribution < -0.4 is 11.1 Å². The highest BCUT2D eigenvalue weighted by molar-refractivity contribution is 5.61. The minimum atomic E-state index is -0.728. The highest BCUT2D eigenvalue weighted by Gasteiger charge is 2.17. The molecule has 28 heavy (non-hydrogen) atoms. The Labute approximate surface area is 159 Å². The van der Waals surface area contributed by atoms with Crippen molar-refractivity contribution in [2.24, 2.45) is 0 Å². The molecular weight excluding hydrogens is 361 g/mol. The summed E-state index contributed by atoms with van der Waals surface area (Å²) in [5.41, 5.74) is 7.82. The number of anilines is 2. The molecular formula is C19H18FN7O. The Morgan fingerprint density at radius 2 is 2.00 bits per heavy atom. The maximum Gasteiger partial charge on any atom is 0.228 e. The van der Waals surface area contributed by atoms with Crippen molar-refractivity contribution < 1.29 is 9.50 Å². The number of aromatic nitrogens is 5. The number of rotatable bonds is 5. The van der Waals surface area contributed by atoms with E-state index in [1.54, 1.807) is 24.4 Å². The third-order valence-electron chi connectivity index (χ3n) is 4.39.